The van der Waals surface area contributed by atoms with Crippen molar-refractivity contribution in [2.75, 3.05) is 0 Å². The molecule has 1 aliphatic rings. The normalized spacial score (nSPS) is 18.6. The van der Waals surface area contributed by atoms with Crippen LogP contribution in [0.5, 0.6) is 0 Å². The van der Waals surface area contributed by atoms with Gasteiger partial charge in [-0.05, 0) is 42.5 Å². The first-order valence-corrected chi connectivity index (χ1v) is 6.94. The lowest BCUT2D eigenvalue weighted by Gasteiger charge is -2.07. The largest absolute Gasteiger partial charge is 0.388 e. The Morgan fingerprint density at radius 1 is 1.15 bits per heavy atom. The van der Waals surface area contributed by atoms with Gasteiger partial charge >= 0.3 is 0 Å². The summed E-state index contributed by atoms with van der Waals surface area (Å²) in [7, 11) is 0. The number of hydrogen-bond donors (Lipinski definition) is 1. The molecule has 1 aliphatic carbocycles. The van der Waals surface area contributed by atoms with Crippen LogP contribution in [0, 0.1) is 11.6 Å². The molecule has 3 rings (SSSR count). The average Bonchev–Trinajstić information content (AvgIpc) is 2.74. The van der Waals surface area contributed by atoms with Crippen molar-refractivity contribution in [3.8, 4) is 0 Å². The van der Waals surface area contributed by atoms with Crippen LogP contribution in [0.1, 0.15) is 42.1 Å². The fraction of sp³-hybridized carbons (Fsp3) is 0.375. The van der Waals surface area contributed by atoms with Crippen LogP contribution in [-0.4, -0.2) is 9.67 Å². The highest BCUT2D eigenvalue weighted by Crippen LogP contribution is 2.29. The summed E-state index contributed by atoms with van der Waals surface area (Å²) in [5, 5.41) is 10.1. The van der Waals surface area contributed by atoms with E-state index in [0.29, 0.717) is 12.1 Å². The third-order valence-electron chi connectivity index (χ3n) is 3.88. The molecule has 0 fully saturated rings. The number of aliphatic hydroxyl groups is 1. The van der Waals surface area contributed by atoms with Gasteiger partial charge in [0.15, 0.2) is 11.6 Å². The first-order chi connectivity index (χ1) is 9.63. The van der Waals surface area contributed by atoms with E-state index in [9.17, 15) is 13.9 Å². The summed E-state index contributed by atoms with van der Waals surface area (Å²) in [6.07, 6.45) is 7.41. The van der Waals surface area contributed by atoms with Crippen molar-refractivity contribution in [2.45, 2.75) is 38.3 Å². The van der Waals surface area contributed by atoms with Crippen LogP contribution in [0.3, 0.4) is 0 Å². The Balaban J connectivity index is 1.84. The highest BCUT2D eigenvalue weighted by molar-refractivity contribution is 5.29. The predicted octanol–water partition coefficient (Wildman–Crippen LogP) is 3.57. The van der Waals surface area contributed by atoms with Crippen LogP contribution in [0.4, 0.5) is 8.78 Å². The van der Waals surface area contributed by atoms with E-state index in [2.05, 4.69) is 0 Å². The van der Waals surface area contributed by atoms with E-state index in [1.807, 2.05) is 17.0 Å². The van der Waals surface area contributed by atoms with E-state index in [1.165, 1.54) is 6.07 Å². The molecule has 1 aromatic carbocycles. The van der Waals surface area contributed by atoms with Crippen molar-refractivity contribution in [3.05, 3.63) is 58.9 Å². The molecule has 1 N–H and O–H groups in total. The van der Waals surface area contributed by atoms with Crippen LogP contribution >= 0.6 is 0 Å². The third kappa shape index (κ3) is 2.61. The number of aliphatic hydroxyl groups excluding tert-OH is 1. The zero-order chi connectivity index (χ0) is 14.1. The van der Waals surface area contributed by atoms with Crippen molar-refractivity contribution in [1.29, 1.82) is 0 Å². The highest BCUT2D eigenvalue weighted by atomic mass is 19.2. The maximum atomic E-state index is 13.2. The van der Waals surface area contributed by atoms with Gasteiger partial charge in [-0.15, -0.1) is 0 Å². The lowest BCUT2D eigenvalue weighted by atomic mass is 10.1. The summed E-state index contributed by atoms with van der Waals surface area (Å²) in [4.78, 5) is 0. The molecule has 2 aromatic rings. The molecule has 0 saturated heterocycles. The molecule has 0 saturated carbocycles. The Labute approximate surface area is 116 Å². The monoisotopic (exact) mass is 277 g/mol. The Hall–Kier alpha value is -1.68. The highest BCUT2D eigenvalue weighted by Gasteiger charge is 2.18. The van der Waals surface area contributed by atoms with Crippen LogP contribution in [0.15, 0.2) is 30.6 Å². The minimum absolute atomic E-state index is 0.404. The summed E-state index contributed by atoms with van der Waals surface area (Å²) in [6.45, 7) is 0.483. The molecule has 106 valence electrons. The molecule has 0 spiro atoms. The fourth-order valence-electron chi connectivity index (χ4n) is 2.83. The van der Waals surface area contributed by atoms with Gasteiger partial charge < -0.3 is 9.67 Å². The smallest absolute Gasteiger partial charge is 0.159 e. The minimum Gasteiger partial charge on any atom is -0.388 e. The number of aromatic nitrogens is 1. The van der Waals surface area contributed by atoms with Crippen LogP contribution < -0.4 is 0 Å². The zero-order valence-electron chi connectivity index (χ0n) is 11.1. The molecule has 0 radical (unpaired) electrons. The minimum atomic E-state index is -0.826. The topological polar surface area (TPSA) is 25.2 Å². The van der Waals surface area contributed by atoms with Gasteiger partial charge in [-0.25, -0.2) is 8.78 Å². The van der Waals surface area contributed by atoms with Gasteiger partial charge in [0.1, 0.15) is 0 Å². The van der Waals surface area contributed by atoms with Gasteiger partial charge in [-0.1, -0.05) is 12.5 Å². The number of fused-ring (bicyclic) bond motifs is 1. The molecular formula is C16H17F2NO. The molecule has 1 heterocycles. The first kappa shape index (κ1) is 13.3. The number of aryl methyl sites for hydroxylation is 1. The third-order valence-corrected chi connectivity index (χ3v) is 3.88. The number of rotatable bonds is 2. The predicted molar refractivity (Wildman–Crippen MR) is 72.4 cm³/mol. The van der Waals surface area contributed by atoms with Crippen molar-refractivity contribution in [1.82, 2.24) is 4.57 Å². The summed E-state index contributed by atoms with van der Waals surface area (Å²) in [6, 6.07) is 3.95. The average molecular weight is 277 g/mol. The number of nitrogens with zero attached hydrogens (tertiary/aromatic N) is 1. The van der Waals surface area contributed by atoms with Gasteiger partial charge in [0.2, 0.25) is 0 Å². The molecule has 4 heteroatoms. The van der Waals surface area contributed by atoms with Gasteiger partial charge in [0.25, 0.3) is 0 Å². The molecule has 1 unspecified atom stereocenters. The second kappa shape index (κ2) is 5.37. The Morgan fingerprint density at radius 3 is 2.80 bits per heavy atom. The van der Waals surface area contributed by atoms with Crippen molar-refractivity contribution in [2.24, 2.45) is 0 Å². The van der Waals surface area contributed by atoms with Gasteiger partial charge in [-0.3, -0.25) is 0 Å². The molecule has 2 nitrogen and oxygen atoms in total. The molecule has 0 amide bonds. The fourth-order valence-corrected chi connectivity index (χ4v) is 2.83. The SMILES string of the molecule is OC1CCCCc2cn(Cc3ccc(F)c(F)c3)cc21. The second-order valence-electron chi connectivity index (χ2n) is 5.42. The molecule has 20 heavy (non-hydrogen) atoms. The molecule has 1 aromatic heterocycles. The Kier molecular flexibility index (Phi) is 3.57. The number of benzene rings is 1. The maximum Gasteiger partial charge on any atom is 0.159 e. The lowest BCUT2D eigenvalue weighted by molar-refractivity contribution is 0.166. The first-order valence-electron chi connectivity index (χ1n) is 6.94. The van der Waals surface area contributed by atoms with Crippen LogP contribution in [-0.2, 0) is 13.0 Å². The quantitative estimate of drug-likeness (QED) is 0.834. The zero-order valence-corrected chi connectivity index (χ0v) is 11.1. The van der Waals surface area contributed by atoms with Crippen molar-refractivity contribution < 1.29 is 13.9 Å². The molecular weight excluding hydrogens is 260 g/mol. The van der Waals surface area contributed by atoms with E-state index < -0.39 is 17.7 Å². The molecule has 1 atom stereocenters. The van der Waals surface area contributed by atoms with Crippen molar-refractivity contribution >= 4 is 0 Å². The van der Waals surface area contributed by atoms with Crippen LogP contribution in [0.25, 0.3) is 0 Å². The summed E-state index contributed by atoms with van der Waals surface area (Å²) < 4.78 is 28.0. The summed E-state index contributed by atoms with van der Waals surface area (Å²) in [5.74, 6) is -1.65. The number of halogens is 2. The van der Waals surface area contributed by atoms with E-state index in [-0.39, 0.29) is 0 Å². The van der Waals surface area contributed by atoms with Crippen LogP contribution in [0.2, 0.25) is 0 Å². The maximum absolute atomic E-state index is 13.2. The summed E-state index contributed by atoms with van der Waals surface area (Å²) in [5.41, 5.74) is 2.85. The van der Waals surface area contributed by atoms with Gasteiger partial charge in [0, 0.05) is 24.5 Å². The lowest BCUT2D eigenvalue weighted by Crippen LogP contribution is -1.99. The number of hydrogen-bond acceptors (Lipinski definition) is 1. The van der Waals surface area contributed by atoms with E-state index in [4.69, 9.17) is 0 Å². The molecule has 0 aliphatic heterocycles. The standard InChI is InChI=1S/C16H17F2NO/c17-14-6-5-11(7-15(14)18)8-19-9-12-3-1-2-4-16(20)13(12)10-19/h5-7,9-10,16,20H,1-4,8H2. The Bertz CT molecular complexity index is 621. The Morgan fingerprint density at radius 2 is 2.00 bits per heavy atom. The van der Waals surface area contributed by atoms with Crippen molar-refractivity contribution in [3.63, 3.8) is 0 Å². The van der Waals surface area contributed by atoms with E-state index in [0.717, 1.165) is 42.9 Å². The molecule has 0 bridgehead atoms. The van der Waals surface area contributed by atoms with Gasteiger partial charge in [-0.2, -0.15) is 0 Å². The van der Waals surface area contributed by atoms with E-state index in [1.54, 1.807) is 6.07 Å². The summed E-state index contributed by atoms with van der Waals surface area (Å²) >= 11 is 0. The van der Waals surface area contributed by atoms with E-state index >= 15 is 0 Å². The van der Waals surface area contributed by atoms with Gasteiger partial charge in [0.05, 0.1) is 6.10 Å². The second-order valence-corrected chi connectivity index (χ2v) is 5.42.